The zero-order chi connectivity index (χ0) is 23.8. The Morgan fingerprint density at radius 1 is 1.03 bits per heavy atom. The lowest BCUT2D eigenvalue weighted by Crippen LogP contribution is -2.36. The van der Waals surface area contributed by atoms with E-state index in [-0.39, 0.29) is 39.4 Å². The third-order valence-corrected chi connectivity index (χ3v) is 5.30. The van der Waals surface area contributed by atoms with Gasteiger partial charge >= 0.3 is 0 Å². The number of nitrogens with zero attached hydrogens (tertiary/aromatic N) is 1. The molecule has 0 spiro atoms. The summed E-state index contributed by atoms with van der Waals surface area (Å²) in [5, 5.41) is 15.9. The molecule has 1 saturated heterocycles. The molecule has 0 unspecified atom stereocenters. The Labute approximate surface area is 195 Å². The molecule has 1 atom stereocenters. The molecule has 1 aliphatic heterocycles. The van der Waals surface area contributed by atoms with E-state index in [4.69, 9.17) is 17.3 Å². The molecular formula is C24H23ClN4O4. The average molecular weight is 467 g/mol. The van der Waals surface area contributed by atoms with Gasteiger partial charge in [-0.05, 0) is 55.4 Å². The third-order valence-electron chi connectivity index (χ3n) is 4.98. The summed E-state index contributed by atoms with van der Waals surface area (Å²) < 4.78 is 0. The summed E-state index contributed by atoms with van der Waals surface area (Å²) in [4.78, 5) is 38.7. The number of nitrogens with two attached hydrogens (primary N) is 1. The number of carbonyl (C=O) groups excluding carboxylic acids is 3. The Bertz CT molecular complexity index is 1150. The molecule has 0 aliphatic carbocycles. The molecule has 1 fully saturated rings. The van der Waals surface area contributed by atoms with Crippen molar-refractivity contribution in [3.63, 3.8) is 0 Å². The molecule has 1 aromatic heterocycles. The zero-order valence-corrected chi connectivity index (χ0v) is 18.4. The molecule has 9 heteroatoms. The van der Waals surface area contributed by atoms with Crippen molar-refractivity contribution in [1.82, 2.24) is 15.6 Å². The number of phenols is 1. The number of nitrogens with one attached hydrogen (secondary N) is 2. The van der Waals surface area contributed by atoms with Gasteiger partial charge in [-0.3, -0.25) is 19.4 Å². The molecule has 4 rings (SSSR count). The minimum atomic E-state index is -0.622. The van der Waals surface area contributed by atoms with E-state index in [0.717, 1.165) is 19.5 Å². The molecule has 2 heterocycles. The minimum Gasteiger partial charge on any atom is -0.507 e. The van der Waals surface area contributed by atoms with Crippen molar-refractivity contribution in [2.75, 3.05) is 13.1 Å². The second kappa shape index (κ2) is 11.2. The third kappa shape index (κ3) is 6.38. The van der Waals surface area contributed by atoms with Crippen LogP contribution in [0.4, 0.5) is 0 Å². The standard InChI is InChI=1S/C14H10ClNO3.C10H13N3O/c15-11-7-8(14(16)19)5-6-9(11)13(18)10-3-1-2-4-12(10)17;14-10(8-1-4-11-5-2-8)13-9-3-6-12-7-9/h1-7,17H,(H2,16,19);1-2,4-5,9,12H,3,6-7H2,(H,13,14)/t;9-/m.0/s1. The molecule has 2 amide bonds. The number of primary amides is 1. The summed E-state index contributed by atoms with van der Waals surface area (Å²) in [6.45, 7) is 1.86. The number of halogens is 1. The van der Waals surface area contributed by atoms with E-state index in [2.05, 4.69) is 15.6 Å². The van der Waals surface area contributed by atoms with Gasteiger partial charge in [-0.25, -0.2) is 0 Å². The monoisotopic (exact) mass is 466 g/mol. The van der Waals surface area contributed by atoms with E-state index in [1.165, 1.54) is 30.3 Å². The first-order valence-corrected chi connectivity index (χ1v) is 10.6. The van der Waals surface area contributed by atoms with Gasteiger partial charge in [-0.1, -0.05) is 23.7 Å². The molecule has 0 saturated carbocycles. The first kappa shape index (κ1) is 23.9. The summed E-state index contributed by atoms with van der Waals surface area (Å²) in [6, 6.07) is 14.0. The highest BCUT2D eigenvalue weighted by atomic mass is 35.5. The van der Waals surface area contributed by atoms with Crippen LogP contribution in [-0.4, -0.2) is 46.8 Å². The predicted octanol–water partition coefficient (Wildman–Crippen LogP) is 2.55. The van der Waals surface area contributed by atoms with Crippen LogP contribution >= 0.6 is 11.6 Å². The van der Waals surface area contributed by atoms with E-state index in [0.29, 0.717) is 5.56 Å². The van der Waals surface area contributed by atoms with Crippen molar-refractivity contribution >= 4 is 29.2 Å². The molecule has 1 aliphatic rings. The Balaban J connectivity index is 0.000000194. The predicted molar refractivity (Wildman–Crippen MR) is 124 cm³/mol. The fourth-order valence-electron chi connectivity index (χ4n) is 3.21. The summed E-state index contributed by atoms with van der Waals surface area (Å²) in [6.07, 6.45) is 4.26. The van der Waals surface area contributed by atoms with Crippen LogP contribution in [0.2, 0.25) is 5.02 Å². The lowest BCUT2D eigenvalue weighted by Gasteiger charge is -2.10. The van der Waals surface area contributed by atoms with Gasteiger partial charge in [-0.15, -0.1) is 0 Å². The smallest absolute Gasteiger partial charge is 0.251 e. The number of amides is 2. The van der Waals surface area contributed by atoms with Gasteiger partial charge in [0.15, 0.2) is 5.78 Å². The first-order chi connectivity index (χ1) is 15.9. The molecule has 5 N–H and O–H groups in total. The van der Waals surface area contributed by atoms with Crippen LogP contribution in [0, 0.1) is 0 Å². The normalized spacial score (nSPS) is 14.6. The fourth-order valence-corrected chi connectivity index (χ4v) is 3.48. The zero-order valence-electron chi connectivity index (χ0n) is 17.6. The Morgan fingerprint density at radius 2 is 1.76 bits per heavy atom. The van der Waals surface area contributed by atoms with Crippen LogP contribution in [-0.2, 0) is 0 Å². The Morgan fingerprint density at radius 3 is 2.36 bits per heavy atom. The molecule has 33 heavy (non-hydrogen) atoms. The average Bonchev–Trinajstić information content (AvgIpc) is 3.33. The summed E-state index contributed by atoms with van der Waals surface area (Å²) in [5.74, 6) is -1.17. The maximum atomic E-state index is 12.2. The number of aromatic hydroxyl groups is 1. The van der Waals surface area contributed by atoms with Gasteiger partial charge in [0.25, 0.3) is 5.91 Å². The highest BCUT2D eigenvalue weighted by Gasteiger charge is 2.18. The lowest BCUT2D eigenvalue weighted by atomic mass is 10.0. The number of rotatable bonds is 5. The van der Waals surface area contributed by atoms with E-state index in [9.17, 15) is 19.5 Å². The van der Waals surface area contributed by atoms with Crippen LogP contribution < -0.4 is 16.4 Å². The number of benzene rings is 2. The lowest BCUT2D eigenvalue weighted by molar-refractivity contribution is 0.0938. The van der Waals surface area contributed by atoms with Gasteiger partial charge in [-0.2, -0.15) is 0 Å². The van der Waals surface area contributed by atoms with E-state index >= 15 is 0 Å². The van der Waals surface area contributed by atoms with Crippen LogP contribution in [0.15, 0.2) is 67.0 Å². The topological polar surface area (TPSA) is 134 Å². The molecule has 2 aromatic carbocycles. The van der Waals surface area contributed by atoms with Crippen molar-refractivity contribution in [2.24, 2.45) is 5.73 Å². The first-order valence-electron chi connectivity index (χ1n) is 10.2. The number of hydrogen-bond donors (Lipinski definition) is 4. The number of aromatic nitrogens is 1. The number of ketones is 1. The number of carbonyl (C=O) groups is 3. The Hall–Kier alpha value is -3.75. The van der Waals surface area contributed by atoms with Gasteiger partial charge in [0.2, 0.25) is 5.91 Å². The molecular weight excluding hydrogens is 444 g/mol. The molecule has 8 nitrogen and oxygen atoms in total. The van der Waals surface area contributed by atoms with Crippen molar-refractivity contribution < 1.29 is 19.5 Å². The molecule has 0 radical (unpaired) electrons. The maximum Gasteiger partial charge on any atom is 0.251 e. The van der Waals surface area contributed by atoms with E-state index < -0.39 is 11.7 Å². The van der Waals surface area contributed by atoms with Gasteiger partial charge in [0.1, 0.15) is 5.75 Å². The number of hydrogen-bond acceptors (Lipinski definition) is 6. The van der Waals surface area contributed by atoms with Gasteiger partial charge < -0.3 is 21.5 Å². The van der Waals surface area contributed by atoms with Crippen molar-refractivity contribution in [3.05, 3.63) is 94.3 Å². The quantitative estimate of drug-likeness (QED) is 0.427. The van der Waals surface area contributed by atoms with Gasteiger partial charge in [0, 0.05) is 41.7 Å². The summed E-state index contributed by atoms with van der Waals surface area (Å²) >= 11 is 5.96. The second-order valence-corrected chi connectivity index (χ2v) is 7.71. The number of para-hydroxylation sites is 1. The number of pyridine rings is 1. The second-order valence-electron chi connectivity index (χ2n) is 7.30. The fraction of sp³-hybridized carbons (Fsp3) is 0.167. The number of phenolic OH excluding ortho intramolecular Hbond substituents is 1. The van der Waals surface area contributed by atoms with Crippen LogP contribution in [0.5, 0.6) is 5.75 Å². The SMILES string of the molecule is NC(=O)c1ccc(C(=O)c2ccccc2O)c(Cl)c1.O=C(N[C@H]1CCNC1)c1ccncc1. The van der Waals surface area contributed by atoms with Crippen LogP contribution in [0.3, 0.4) is 0 Å². The van der Waals surface area contributed by atoms with Crippen LogP contribution in [0.25, 0.3) is 0 Å². The summed E-state index contributed by atoms with van der Waals surface area (Å²) in [5.41, 5.74) is 6.37. The Kier molecular flexibility index (Phi) is 8.12. The van der Waals surface area contributed by atoms with Gasteiger partial charge in [0.05, 0.1) is 10.6 Å². The van der Waals surface area contributed by atoms with Crippen molar-refractivity contribution in [3.8, 4) is 5.75 Å². The highest BCUT2D eigenvalue weighted by molar-refractivity contribution is 6.35. The highest BCUT2D eigenvalue weighted by Crippen LogP contribution is 2.25. The maximum absolute atomic E-state index is 12.2. The van der Waals surface area contributed by atoms with E-state index in [1.807, 2.05) is 0 Å². The largest absolute Gasteiger partial charge is 0.507 e. The summed E-state index contributed by atoms with van der Waals surface area (Å²) in [7, 11) is 0. The van der Waals surface area contributed by atoms with Crippen LogP contribution in [0.1, 0.15) is 43.1 Å². The van der Waals surface area contributed by atoms with Crippen molar-refractivity contribution in [2.45, 2.75) is 12.5 Å². The minimum absolute atomic E-state index is 0.0129. The van der Waals surface area contributed by atoms with E-state index in [1.54, 1.807) is 36.7 Å². The molecule has 170 valence electrons. The molecule has 3 aromatic rings. The van der Waals surface area contributed by atoms with Crippen molar-refractivity contribution in [1.29, 1.82) is 0 Å². The molecule has 0 bridgehead atoms.